The first-order valence-electron chi connectivity index (χ1n) is 6.49. The van der Waals surface area contributed by atoms with Crippen LogP contribution in [0, 0.1) is 5.92 Å². The molecule has 2 unspecified atom stereocenters. The van der Waals surface area contributed by atoms with Crippen molar-refractivity contribution in [2.75, 3.05) is 5.75 Å². The van der Waals surface area contributed by atoms with Crippen molar-refractivity contribution < 1.29 is 13.5 Å². The highest BCUT2D eigenvalue weighted by atomic mass is 32.2. The zero-order chi connectivity index (χ0) is 11.6. The van der Waals surface area contributed by atoms with Crippen LogP contribution in [-0.4, -0.2) is 30.6 Å². The molecule has 0 amide bonds. The molecular weight excluding hydrogens is 224 g/mol. The Balaban J connectivity index is 1.94. The standard InChI is InChI=1S/C12H22O3S/c13-11(9-10-5-1-2-6-10)12-7-3-4-8-16(12,14)15/h10-13H,1-9H2. The van der Waals surface area contributed by atoms with Crippen LogP contribution in [0.3, 0.4) is 0 Å². The molecule has 1 heterocycles. The van der Waals surface area contributed by atoms with Crippen LogP contribution in [0.15, 0.2) is 0 Å². The highest BCUT2D eigenvalue weighted by Gasteiger charge is 2.35. The summed E-state index contributed by atoms with van der Waals surface area (Å²) in [7, 11) is -3.01. The van der Waals surface area contributed by atoms with Gasteiger partial charge in [-0.25, -0.2) is 8.42 Å². The van der Waals surface area contributed by atoms with E-state index in [1.165, 1.54) is 25.7 Å². The Morgan fingerprint density at radius 2 is 1.69 bits per heavy atom. The van der Waals surface area contributed by atoms with Crippen LogP contribution >= 0.6 is 0 Å². The molecule has 2 atom stereocenters. The summed E-state index contributed by atoms with van der Waals surface area (Å²) in [5.74, 6) is 0.839. The van der Waals surface area contributed by atoms with E-state index in [2.05, 4.69) is 0 Å². The van der Waals surface area contributed by atoms with Gasteiger partial charge in [-0.05, 0) is 25.2 Å². The largest absolute Gasteiger partial charge is 0.392 e. The van der Waals surface area contributed by atoms with Gasteiger partial charge in [0, 0.05) is 0 Å². The van der Waals surface area contributed by atoms with E-state index in [0.717, 1.165) is 12.8 Å². The van der Waals surface area contributed by atoms with Crippen molar-refractivity contribution in [1.29, 1.82) is 0 Å². The molecule has 16 heavy (non-hydrogen) atoms. The molecule has 1 N–H and O–H groups in total. The zero-order valence-corrected chi connectivity index (χ0v) is 10.6. The molecule has 0 aromatic heterocycles. The molecule has 2 rings (SSSR count). The number of rotatable bonds is 3. The molecule has 0 radical (unpaired) electrons. The molecule has 2 aliphatic rings. The van der Waals surface area contributed by atoms with Gasteiger partial charge in [-0.1, -0.05) is 32.1 Å². The molecule has 1 aliphatic carbocycles. The summed E-state index contributed by atoms with van der Waals surface area (Å²) in [5.41, 5.74) is 0. The minimum absolute atomic E-state index is 0.277. The molecule has 0 aromatic carbocycles. The summed E-state index contributed by atoms with van der Waals surface area (Å²) in [6, 6.07) is 0. The molecule has 0 spiro atoms. The Kier molecular flexibility index (Phi) is 3.90. The lowest BCUT2D eigenvalue weighted by molar-refractivity contribution is 0.132. The van der Waals surface area contributed by atoms with Crippen LogP contribution in [0.25, 0.3) is 0 Å². The summed E-state index contributed by atoms with van der Waals surface area (Å²) in [6.45, 7) is 0. The number of hydrogen-bond donors (Lipinski definition) is 1. The van der Waals surface area contributed by atoms with Crippen molar-refractivity contribution in [2.24, 2.45) is 5.92 Å². The number of hydrogen-bond acceptors (Lipinski definition) is 3. The van der Waals surface area contributed by atoms with Gasteiger partial charge in [-0.3, -0.25) is 0 Å². The Labute approximate surface area is 98.2 Å². The van der Waals surface area contributed by atoms with E-state index in [1.807, 2.05) is 0 Å². The van der Waals surface area contributed by atoms with Gasteiger partial charge in [0.2, 0.25) is 0 Å². The van der Waals surface area contributed by atoms with E-state index in [9.17, 15) is 13.5 Å². The van der Waals surface area contributed by atoms with Crippen molar-refractivity contribution in [3.63, 3.8) is 0 Å². The second-order valence-corrected chi connectivity index (χ2v) is 7.69. The molecule has 94 valence electrons. The maximum Gasteiger partial charge on any atom is 0.155 e. The lowest BCUT2D eigenvalue weighted by atomic mass is 9.96. The third-order valence-corrected chi connectivity index (χ3v) is 6.44. The summed E-state index contributed by atoms with van der Waals surface area (Å²) in [5, 5.41) is 9.62. The topological polar surface area (TPSA) is 54.4 Å². The molecule has 4 heteroatoms. The quantitative estimate of drug-likeness (QED) is 0.827. The minimum atomic E-state index is -3.01. The second kappa shape index (κ2) is 5.05. The van der Waals surface area contributed by atoms with Crippen molar-refractivity contribution in [3.05, 3.63) is 0 Å². The third kappa shape index (κ3) is 2.77. The number of sulfone groups is 1. The fourth-order valence-corrected chi connectivity index (χ4v) is 5.18. The number of aliphatic hydroxyl groups is 1. The maximum absolute atomic E-state index is 11.8. The highest BCUT2D eigenvalue weighted by Crippen LogP contribution is 2.32. The van der Waals surface area contributed by atoms with Crippen molar-refractivity contribution >= 4 is 9.84 Å². The maximum atomic E-state index is 11.8. The Hall–Kier alpha value is -0.0900. The zero-order valence-electron chi connectivity index (χ0n) is 9.77. The van der Waals surface area contributed by atoms with E-state index in [0.29, 0.717) is 18.8 Å². The van der Waals surface area contributed by atoms with Gasteiger partial charge in [0.05, 0.1) is 17.1 Å². The molecule has 1 aliphatic heterocycles. The van der Waals surface area contributed by atoms with Crippen LogP contribution in [0.5, 0.6) is 0 Å². The molecule has 0 aromatic rings. The van der Waals surface area contributed by atoms with Crippen LogP contribution in [0.2, 0.25) is 0 Å². The van der Waals surface area contributed by atoms with Crippen molar-refractivity contribution in [2.45, 2.75) is 62.7 Å². The predicted molar refractivity (Wildman–Crippen MR) is 64.0 cm³/mol. The van der Waals surface area contributed by atoms with Gasteiger partial charge in [0.25, 0.3) is 0 Å². The van der Waals surface area contributed by atoms with E-state index in [4.69, 9.17) is 0 Å². The molecular formula is C12H22O3S. The fraction of sp³-hybridized carbons (Fsp3) is 1.00. The van der Waals surface area contributed by atoms with Crippen LogP contribution < -0.4 is 0 Å². The van der Waals surface area contributed by atoms with Gasteiger partial charge in [0.15, 0.2) is 9.84 Å². The highest BCUT2D eigenvalue weighted by molar-refractivity contribution is 7.92. The fourth-order valence-electron chi connectivity index (χ4n) is 3.15. The van der Waals surface area contributed by atoms with Gasteiger partial charge in [-0.2, -0.15) is 0 Å². The molecule has 1 saturated carbocycles. The summed E-state index contributed by atoms with van der Waals surface area (Å²) < 4.78 is 23.7. The van der Waals surface area contributed by atoms with E-state index < -0.39 is 21.2 Å². The first-order valence-corrected chi connectivity index (χ1v) is 8.21. The van der Waals surface area contributed by atoms with E-state index in [-0.39, 0.29) is 5.75 Å². The van der Waals surface area contributed by atoms with Crippen LogP contribution in [0.4, 0.5) is 0 Å². The molecule has 0 bridgehead atoms. The molecule has 2 fully saturated rings. The molecule has 3 nitrogen and oxygen atoms in total. The van der Waals surface area contributed by atoms with Crippen molar-refractivity contribution in [1.82, 2.24) is 0 Å². The molecule has 1 saturated heterocycles. The Bertz CT molecular complexity index is 317. The van der Waals surface area contributed by atoms with Gasteiger partial charge in [0.1, 0.15) is 0 Å². The average Bonchev–Trinajstić information content (AvgIpc) is 2.69. The van der Waals surface area contributed by atoms with Crippen LogP contribution in [0.1, 0.15) is 51.4 Å². The predicted octanol–water partition coefficient (Wildman–Crippen LogP) is 1.89. The SMILES string of the molecule is O=S1(=O)CCCCC1C(O)CC1CCCC1. The lowest BCUT2D eigenvalue weighted by Crippen LogP contribution is -2.39. The third-order valence-electron chi connectivity index (χ3n) is 4.11. The second-order valence-electron chi connectivity index (χ2n) is 5.35. The number of aliphatic hydroxyl groups excluding tert-OH is 1. The summed E-state index contributed by atoms with van der Waals surface area (Å²) in [6.07, 6.45) is 7.30. The smallest absolute Gasteiger partial charge is 0.155 e. The monoisotopic (exact) mass is 246 g/mol. The van der Waals surface area contributed by atoms with Crippen molar-refractivity contribution in [3.8, 4) is 0 Å². The first kappa shape index (κ1) is 12.4. The van der Waals surface area contributed by atoms with Crippen LogP contribution in [-0.2, 0) is 9.84 Å². The Morgan fingerprint density at radius 1 is 1.06 bits per heavy atom. The Morgan fingerprint density at radius 3 is 2.31 bits per heavy atom. The minimum Gasteiger partial charge on any atom is -0.392 e. The van der Waals surface area contributed by atoms with Gasteiger partial charge < -0.3 is 5.11 Å². The summed E-state index contributed by atoms with van der Waals surface area (Å²) >= 11 is 0. The van der Waals surface area contributed by atoms with E-state index >= 15 is 0 Å². The summed E-state index contributed by atoms with van der Waals surface area (Å²) in [4.78, 5) is 0. The normalized spacial score (nSPS) is 32.7. The first-order chi connectivity index (χ1) is 7.59. The van der Waals surface area contributed by atoms with Gasteiger partial charge >= 0.3 is 0 Å². The average molecular weight is 246 g/mol. The lowest BCUT2D eigenvalue weighted by Gasteiger charge is -2.28. The van der Waals surface area contributed by atoms with E-state index in [1.54, 1.807) is 0 Å². The van der Waals surface area contributed by atoms with Gasteiger partial charge in [-0.15, -0.1) is 0 Å².